The highest BCUT2D eigenvalue weighted by atomic mass is 79.9. The lowest BCUT2D eigenvalue weighted by atomic mass is 9.80. The quantitative estimate of drug-likeness (QED) is 0.170. The second-order valence-electron chi connectivity index (χ2n) is 13.4. The van der Waals surface area contributed by atoms with Crippen LogP contribution in [0.15, 0.2) is 126 Å². The molecule has 2 saturated heterocycles. The number of pyridine rings is 2. The van der Waals surface area contributed by atoms with Crippen LogP contribution in [0.1, 0.15) is 11.4 Å². The number of methoxy groups -OCH3 is 2. The normalized spacial score (nSPS) is 13.2. The molecular weight excluding hydrogens is 835 g/mol. The standard InChI is InChI=1S/C21H20N4O3.C14H13BrN4O2.C7H9BO3/c1-27-19-7-3-2-6-18(19)15-8-9-20(22-12-15)28-17-13-25(14-17)21(26)11-16-5-4-10-23-24-16;15-10-3-4-13(16-7-10)21-12-8-19(9-12)14(20)6-11-2-1-5-17-18-11;1-11-7-5-3-2-4-6(7)8(9)10/h2-10,12,17H,11,13-14H2,1H3;1-5,7,12H,6,8-9H2;2-5,9-10H,1H3. The predicted molar refractivity (Wildman–Crippen MR) is 224 cm³/mol. The van der Waals surface area contributed by atoms with Gasteiger partial charge < -0.3 is 38.8 Å². The molecule has 60 heavy (non-hydrogen) atoms. The fourth-order valence-electron chi connectivity index (χ4n) is 5.97. The van der Waals surface area contributed by atoms with E-state index in [0.717, 1.165) is 21.3 Å². The first-order valence-electron chi connectivity index (χ1n) is 18.8. The Morgan fingerprint density at radius 2 is 1.18 bits per heavy atom. The smallest absolute Gasteiger partial charge is 0.492 e. The summed E-state index contributed by atoms with van der Waals surface area (Å²) >= 11 is 3.32. The number of likely N-dealkylation sites (tertiary alicyclic amines) is 2. The van der Waals surface area contributed by atoms with Crippen molar-refractivity contribution in [2.24, 2.45) is 0 Å². The number of aromatic nitrogens is 6. The molecule has 2 aliphatic heterocycles. The summed E-state index contributed by atoms with van der Waals surface area (Å²) in [6.45, 7) is 2.26. The third-order valence-corrected chi connectivity index (χ3v) is 9.64. The molecule has 16 nitrogen and oxygen atoms in total. The maximum Gasteiger partial charge on any atom is 0.492 e. The summed E-state index contributed by atoms with van der Waals surface area (Å²) in [4.78, 5) is 36.3. The molecule has 2 N–H and O–H groups in total. The van der Waals surface area contributed by atoms with Crippen molar-refractivity contribution in [3.63, 3.8) is 0 Å². The fourth-order valence-corrected chi connectivity index (χ4v) is 6.20. The van der Waals surface area contributed by atoms with Crippen molar-refractivity contribution in [2.75, 3.05) is 40.4 Å². The van der Waals surface area contributed by atoms with Crippen LogP contribution in [0.4, 0.5) is 0 Å². The second kappa shape index (κ2) is 21.5. The Morgan fingerprint density at radius 1 is 0.667 bits per heavy atom. The monoisotopic (exact) mass is 876 g/mol. The molecule has 6 heterocycles. The van der Waals surface area contributed by atoms with Crippen molar-refractivity contribution in [1.82, 2.24) is 40.2 Å². The minimum absolute atomic E-state index is 0.00415. The van der Waals surface area contributed by atoms with Crippen LogP contribution in [-0.2, 0) is 22.4 Å². The molecule has 0 radical (unpaired) electrons. The van der Waals surface area contributed by atoms with Crippen molar-refractivity contribution in [2.45, 2.75) is 25.0 Å². The first-order valence-corrected chi connectivity index (χ1v) is 19.6. The molecule has 2 aliphatic rings. The Labute approximate surface area is 355 Å². The van der Waals surface area contributed by atoms with Gasteiger partial charge >= 0.3 is 7.12 Å². The van der Waals surface area contributed by atoms with Crippen LogP contribution < -0.4 is 24.4 Å². The molecule has 308 valence electrons. The highest BCUT2D eigenvalue weighted by molar-refractivity contribution is 9.10. The van der Waals surface area contributed by atoms with Gasteiger partial charge in [0.25, 0.3) is 0 Å². The van der Waals surface area contributed by atoms with Crippen LogP contribution in [0.3, 0.4) is 0 Å². The van der Waals surface area contributed by atoms with Gasteiger partial charge in [-0.15, -0.1) is 0 Å². The first kappa shape index (κ1) is 43.1. The van der Waals surface area contributed by atoms with E-state index in [1.54, 1.807) is 96.3 Å². The minimum atomic E-state index is -1.47. The number of carbonyl (C=O) groups excluding carboxylic acids is 2. The molecule has 4 aromatic heterocycles. The van der Waals surface area contributed by atoms with E-state index in [9.17, 15) is 9.59 Å². The molecule has 18 heteroatoms. The maximum atomic E-state index is 12.2. The number of benzene rings is 2. The van der Waals surface area contributed by atoms with Crippen molar-refractivity contribution >= 4 is 40.3 Å². The van der Waals surface area contributed by atoms with E-state index in [0.29, 0.717) is 60.5 Å². The summed E-state index contributed by atoms with van der Waals surface area (Å²) in [5.74, 6) is 2.48. The summed E-state index contributed by atoms with van der Waals surface area (Å²) in [5.41, 5.74) is 3.68. The van der Waals surface area contributed by atoms with E-state index < -0.39 is 7.12 Å². The Kier molecular flexibility index (Phi) is 15.4. The number of rotatable bonds is 12. The van der Waals surface area contributed by atoms with E-state index in [1.807, 2.05) is 42.5 Å². The number of para-hydroxylation sites is 2. The van der Waals surface area contributed by atoms with Gasteiger partial charge in [0.2, 0.25) is 23.6 Å². The van der Waals surface area contributed by atoms with Gasteiger partial charge in [0.05, 0.1) is 64.6 Å². The number of amides is 2. The third kappa shape index (κ3) is 12.3. The Hall–Kier alpha value is -6.50. The zero-order chi connectivity index (χ0) is 42.3. The zero-order valence-electron chi connectivity index (χ0n) is 32.8. The molecule has 2 fully saturated rings. The van der Waals surface area contributed by atoms with Gasteiger partial charge in [-0.25, -0.2) is 9.97 Å². The largest absolute Gasteiger partial charge is 0.497 e. The Balaban J connectivity index is 0.000000166. The van der Waals surface area contributed by atoms with Crippen LogP contribution in [0, 0.1) is 0 Å². The van der Waals surface area contributed by atoms with Crippen molar-refractivity contribution in [1.29, 1.82) is 0 Å². The summed E-state index contributed by atoms with van der Waals surface area (Å²) in [5, 5.41) is 33.0. The van der Waals surface area contributed by atoms with E-state index in [1.165, 1.54) is 7.11 Å². The number of ether oxygens (including phenoxy) is 4. The summed E-state index contributed by atoms with van der Waals surface area (Å²) in [7, 11) is 1.67. The molecule has 0 saturated carbocycles. The second-order valence-corrected chi connectivity index (χ2v) is 14.3. The van der Waals surface area contributed by atoms with E-state index in [4.69, 9.17) is 29.0 Å². The fraction of sp³-hybridized carbons (Fsp3) is 0.238. The van der Waals surface area contributed by atoms with E-state index in [2.05, 4.69) is 46.3 Å². The van der Waals surface area contributed by atoms with Gasteiger partial charge in [-0.05, 0) is 64.5 Å². The predicted octanol–water partition coefficient (Wildman–Crippen LogP) is 3.22. The highest BCUT2D eigenvalue weighted by Gasteiger charge is 2.33. The molecule has 0 unspecified atom stereocenters. The molecule has 0 aliphatic carbocycles. The topological polar surface area (TPSA) is 195 Å². The van der Waals surface area contributed by atoms with Crippen molar-refractivity contribution in [3.8, 4) is 34.4 Å². The summed E-state index contributed by atoms with van der Waals surface area (Å²) in [6, 6.07) is 29.2. The number of carbonyl (C=O) groups is 2. The average Bonchev–Trinajstić information content (AvgIpc) is 3.25. The summed E-state index contributed by atoms with van der Waals surface area (Å²) < 4.78 is 22.7. The van der Waals surface area contributed by atoms with Gasteiger partial charge in [-0.3, -0.25) is 9.59 Å². The van der Waals surface area contributed by atoms with Crippen LogP contribution >= 0.6 is 15.9 Å². The van der Waals surface area contributed by atoms with Gasteiger partial charge in [0.15, 0.2) is 0 Å². The number of nitrogens with zero attached hydrogens (tertiary/aromatic N) is 8. The SMILES string of the molecule is COc1ccccc1-c1ccc(OC2CN(C(=O)Cc3cccnn3)C2)nc1.COc1ccccc1B(O)O.O=C(Cc1cccnn1)N1CC(Oc2ccc(Br)cn2)C1. The van der Waals surface area contributed by atoms with E-state index in [-0.39, 0.29) is 36.9 Å². The van der Waals surface area contributed by atoms with Crippen LogP contribution in [0.2, 0.25) is 0 Å². The molecule has 0 spiro atoms. The molecule has 2 aromatic carbocycles. The lowest BCUT2D eigenvalue weighted by Gasteiger charge is -2.38. The first-order chi connectivity index (χ1) is 29.2. The van der Waals surface area contributed by atoms with Crippen LogP contribution in [0.25, 0.3) is 11.1 Å². The maximum absolute atomic E-state index is 12.2. The number of hydrogen-bond donors (Lipinski definition) is 2. The molecule has 8 rings (SSSR count). The average molecular weight is 878 g/mol. The molecule has 0 bridgehead atoms. The van der Waals surface area contributed by atoms with Crippen molar-refractivity contribution in [3.05, 3.63) is 138 Å². The zero-order valence-corrected chi connectivity index (χ0v) is 34.4. The lowest BCUT2D eigenvalue weighted by molar-refractivity contribution is -0.140. The third-order valence-electron chi connectivity index (χ3n) is 9.17. The van der Waals surface area contributed by atoms with Gasteiger partial charge in [0, 0.05) is 58.0 Å². The van der Waals surface area contributed by atoms with Gasteiger partial charge in [0.1, 0.15) is 23.7 Å². The lowest BCUT2D eigenvalue weighted by Crippen LogP contribution is -2.56. The van der Waals surface area contributed by atoms with Gasteiger partial charge in [-0.1, -0.05) is 36.4 Å². The van der Waals surface area contributed by atoms with E-state index >= 15 is 0 Å². The van der Waals surface area contributed by atoms with Crippen molar-refractivity contribution < 1.29 is 38.6 Å². The molecule has 0 atom stereocenters. The molecule has 2 amide bonds. The number of hydrogen-bond acceptors (Lipinski definition) is 14. The van der Waals surface area contributed by atoms with Crippen LogP contribution in [0.5, 0.6) is 23.3 Å². The molecule has 6 aromatic rings. The highest BCUT2D eigenvalue weighted by Crippen LogP contribution is 2.30. The molecular formula is C42H42BBrN8O8. The Morgan fingerprint density at radius 3 is 1.63 bits per heavy atom. The summed E-state index contributed by atoms with van der Waals surface area (Å²) in [6.07, 6.45) is 7.12. The van der Waals surface area contributed by atoms with Gasteiger partial charge in [-0.2, -0.15) is 20.4 Å². The Bertz CT molecular complexity index is 2270. The minimum Gasteiger partial charge on any atom is -0.497 e. The number of halogens is 1. The van der Waals surface area contributed by atoms with Crippen LogP contribution in [-0.4, -0.2) is 122 Å².